The minimum absolute atomic E-state index is 0.0791. The highest BCUT2D eigenvalue weighted by Crippen LogP contribution is 2.31. The van der Waals surface area contributed by atoms with E-state index in [2.05, 4.69) is 15.5 Å². The van der Waals surface area contributed by atoms with Gasteiger partial charge in [0.15, 0.2) is 6.10 Å². The van der Waals surface area contributed by atoms with Gasteiger partial charge in [0, 0.05) is 6.07 Å². The highest BCUT2D eigenvalue weighted by molar-refractivity contribution is 5.84. The average molecular weight is 433 g/mol. The summed E-state index contributed by atoms with van der Waals surface area (Å²) in [5.74, 6) is 2.16. The van der Waals surface area contributed by atoms with Crippen molar-refractivity contribution >= 4 is 16.7 Å². The van der Waals surface area contributed by atoms with E-state index in [1.54, 1.807) is 39.3 Å². The van der Waals surface area contributed by atoms with E-state index in [1.165, 1.54) is 0 Å². The van der Waals surface area contributed by atoms with Crippen LogP contribution in [0, 0.1) is 0 Å². The maximum absolute atomic E-state index is 12.5. The van der Waals surface area contributed by atoms with Crippen LogP contribution in [0.15, 0.2) is 65.2 Å². The van der Waals surface area contributed by atoms with Crippen LogP contribution in [-0.4, -0.2) is 36.4 Å². The van der Waals surface area contributed by atoms with Crippen molar-refractivity contribution in [3.8, 4) is 28.6 Å². The molecule has 1 aromatic heterocycles. The van der Waals surface area contributed by atoms with Crippen LogP contribution in [0.2, 0.25) is 0 Å². The maximum atomic E-state index is 12.5. The molecule has 1 amide bonds. The maximum Gasteiger partial charge on any atom is 0.261 e. The number of carbonyl (C=O) groups excluding carboxylic acids is 1. The van der Waals surface area contributed by atoms with Gasteiger partial charge in [-0.1, -0.05) is 35.5 Å². The van der Waals surface area contributed by atoms with E-state index in [0.717, 1.165) is 10.8 Å². The Hall–Kier alpha value is -4.07. The summed E-state index contributed by atoms with van der Waals surface area (Å²) in [5.41, 5.74) is 0.655. The summed E-state index contributed by atoms with van der Waals surface area (Å²) in [6.07, 6.45) is -0.694. The first kappa shape index (κ1) is 21.2. The van der Waals surface area contributed by atoms with Crippen LogP contribution >= 0.6 is 0 Å². The minimum Gasteiger partial charge on any atom is -0.497 e. The zero-order valence-electron chi connectivity index (χ0n) is 18.0. The monoisotopic (exact) mass is 433 g/mol. The van der Waals surface area contributed by atoms with E-state index in [9.17, 15) is 4.79 Å². The Labute approximate surface area is 185 Å². The Balaban J connectivity index is 1.37. The second kappa shape index (κ2) is 9.38. The molecule has 8 nitrogen and oxygen atoms in total. The molecule has 0 aliphatic carbocycles. The summed E-state index contributed by atoms with van der Waals surface area (Å²) >= 11 is 0. The van der Waals surface area contributed by atoms with Crippen molar-refractivity contribution in [3.05, 3.63) is 66.6 Å². The quantitative estimate of drug-likeness (QED) is 0.449. The Morgan fingerprint density at radius 2 is 1.78 bits per heavy atom. The summed E-state index contributed by atoms with van der Waals surface area (Å²) in [5, 5.41) is 8.89. The normalized spacial score (nSPS) is 11.7. The van der Waals surface area contributed by atoms with Gasteiger partial charge in [-0.2, -0.15) is 4.98 Å². The first-order valence-corrected chi connectivity index (χ1v) is 10.1. The van der Waals surface area contributed by atoms with Crippen molar-refractivity contribution in [1.82, 2.24) is 15.5 Å². The van der Waals surface area contributed by atoms with Gasteiger partial charge in [-0.05, 0) is 42.0 Å². The van der Waals surface area contributed by atoms with E-state index < -0.39 is 6.10 Å². The summed E-state index contributed by atoms with van der Waals surface area (Å²) < 4.78 is 21.6. The lowest BCUT2D eigenvalue weighted by atomic mass is 10.1. The molecule has 1 N–H and O–H groups in total. The van der Waals surface area contributed by atoms with Crippen LogP contribution in [0.1, 0.15) is 12.8 Å². The van der Waals surface area contributed by atoms with Crippen molar-refractivity contribution in [3.63, 3.8) is 0 Å². The molecule has 0 fully saturated rings. The molecule has 0 radical (unpaired) electrons. The fraction of sp³-hybridized carbons (Fsp3) is 0.208. The van der Waals surface area contributed by atoms with Gasteiger partial charge in [-0.15, -0.1) is 0 Å². The van der Waals surface area contributed by atoms with Gasteiger partial charge in [0.25, 0.3) is 5.91 Å². The van der Waals surface area contributed by atoms with Crippen molar-refractivity contribution in [2.24, 2.45) is 0 Å². The van der Waals surface area contributed by atoms with Crippen molar-refractivity contribution in [2.45, 2.75) is 19.6 Å². The molecule has 0 bridgehead atoms. The number of benzene rings is 3. The Bertz CT molecular complexity index is 1240. The van der Waals surface area contributed by atoms with Gasteiger partial charge < -0.3 is 24.1 Å². The van der Waals surface area contributed by atoms with Crippen molar-refractivity contribution < 1.29 is 23.5 Å². The summed E-state index contributed by atoms with van der Waals surface area (Å²) in [7, 11) is 3.13. The molecule has 32 heavy (non-hydrogen) atoms. The molecule has 0 saturated carbocycles. The van der Waals surface area contributed by atoms with Crippen LogP contribution in [0.5, 0.6) is 17.2 Å². The topological polar surface area (TPSA) is 95.7 Å². The lowest BCUT2D eigenvalue weighted by molar-refractivity contribution is -0.127. The van der Waals surface area contributed by atoms with Gasteiger partial charge >= 0.3 is 0 Å². The van der Waals surface area contributed by atoms with E-state index >= 15 is 0 Å². The van der Waals surface area contributed by atoms with Gasteiger partial charge in [-0.25, -0.2) is 0 Å². The molecule has 0 spiro atoms. The molecule has 4 rings (SSSR count). The van der Waals surface area contributed by atoms with E-state index in [1.807, 2.05) is 42.5 Å². The second-order valence-electron chi connectivity index (χ2n) is 7.06. The van der Waals surface area contributed by atoms with Gasteiger partial charge in [0.05, 0.1) is 26.3 Å². The number of ether oxygens (including phenoxy) is 3. The van der Waals surface area contributed by atoms with Crippen LogP contribution in [0.3, 0.4) is 0 Å². The van der Waals surface area contributed by atoms with Crippen LogP contribution in [-0.2, 0) is 11.3 Å². The number of aromatic nitrogens is 2. The number of hydrogen-bond donors (Lipinski definition) is 1. The zero-order chi connectivity index (χ0) is 22.5. The largest absolute Gasteiger partial charge is 0.497 e. The first-order valence-electron chi connectivity index (χ1n) is 10.1. The van der Waals surface area contributed by atoms with Crippen LogP contribution < -0.4 is 19.5 Å². The number of amides is 1. The number of nitrogens with one attached hydrogen (secondary N) is 1. The van der Waals surface area contributed by atoms with Crippen molar-refractivity contribution in [2.75, 3.05) is 14.2 Å². The summed E-state index contributed by atoms with van der Waals surface area (Å²) in [6, 6.07) is 19.0. The SMILES string of the molecule is COc1ccc(-c2noc(CNC(=O)[C@@H](C)Oc3ccc4ccccc4c3)n2)c(OC)c1. The molecular weight excluding hydrogens is 410 g/mol. The number of fused-ring (bicyclic) bond motifs is 1. The van der Waals surface area contributed by atoms with E-state index in [4.69, 9.17) is 18.7 Å². The molecule has 0 aliphatic heterocycles. The molecule has 0 unspecified atom stereocenters. The van der Waals surface area contributed by atoms with Gasteiger partial charge in [-0.3, -0.25) is 4.79 Å². The predicted octanol–water partition coefficient (Wildman–Crippen LogP) is 3.99. The Kier molecular flexibility index (Phi) is 6.21. The molecule has 0 aliphatic rings. The molecule has 164 valence electrons. The van der Waals surface area contributed by atoms with Gasteiger partial charge in [0.1, 0.15) is 17.2 Å². The summed E-state index contributed by atoms with van der Waals surface area (Å²) in [6.45, 7) is 1.77. The molecule has 8 heteroatoms. The Morgan fingerprint density at radius 1 is 1.00 bits per heavy atom. The Morgan fingerprint density at radius 3 is 2.56 bits per heavy atom. The van der Waals surface area contributed by atoms with Crippen molar-refractivity contribution in [1.29, 1.82) is 0 Å². The molecule has 1 heterocycles. The third kappa shape index (κ3) is 4.64. The fourth-order valence-electron chi connectivity index (χ4n) is 3.22. The second-order valence-corrected chi connectivity index (χ2v) is 7.06. The average Bonchev–Trinajstić information content (AvgIpc) is 3.30. The number of nitrogens with zero attached hydrogens (tertiary/aromatic N) is 2. The smallest absolute Gasteiger partial charge is 0.261 e. The minimum atomic E-state index is -0.694. The molecule has 0 saturated heterocycles. The van der Waals surface area contributed by atoms with E-state index in [0.29, 0.717) is 28.6 Å². The lowest BCUT2D eigenvalue weighted by Crippen LogP contribution is -2.35. The van der Waals surface area contributed by atoms with E-state index in [-0.39, 0.29) is 18.3 Å². The number of carbonyl (C=O) groups is 1. The molecular formula is C24H23N3O5. The van der Waals surface area contributed by atoms with Crippen LogP contribution in [0.25, 0.3) is 22.2 Å². The molecule has 1 atom stereocenters. The summed E-state index contributed by atoms with van der Waals surface area (Å²) in [4.78, 5) is 16.8. The predicted molar refractivity (Wildman–Crippen MR) is 119 cm³/mol. The highest BCUT2D eigenvalue weighted by Gasteiger charge is 2.18. The zero-order valence-corrected chi connectivity index (χ0v) is 18.0. The van der Waals surface area contributed by atoms with Crippen LogP contribution in [0.4, 0.5) is 0 Å². The number of rotatable bonds is 8. The third-order valence-corrected chi connectivity index (χ3v) is 4.93. The number of hydrogen-bond acceptors (Lipinski definition) is 7. The van der Waals surface area contributed by atoms with Gasteiger partial charge in [0.2, 0.25) is 11.7 Å². The third-order valence-electron chi connectivity index (χ3n) is 4.93. The number of methoxy groups -OCH3 is 2. The highest BCUT2D eigenvalue weighted by atomic mass is 16.5. The first-order chi connectivity index (χ1) is 15.6. The standard InChI is InChI=1S/C24H23N3O5/c1-15(31-19-9-8-16-6-4-5-7-17(16)12-19)24(28)25-14-22-26-23(27-32-22)20-11-10-18(29-2)13-21(20)30-3/h4-13,15H,14H2,1-3H3,(H,25,28)/t15-/m1/s1. The lowest BCUT2D eigenvalue weighted by Gasteiger charge is -2.14. The molecule has 4 aromatic rings. The fourth-order valence-corrected chi connectivity index (χ4v) is 3.22. The molecule has 3 aromatic carbocycles.